The monoisotopic (exact) mass is 399 g/mol. The second kappa shape index (κ2) is 7.37. The molecule has 3 rings (SSSR count). The topological polar surface area (TPSA) is 68.6 Å². The molecule has 28 heavy (non-hydrogen) atoms. The highest BCUT2D eigenvalue weighted by Gasteiger charge is 2.66. The van der Waals surface area contributed by atoms with Crippen molar-refractivity contribution in [2.24, 2.45) is 10.8 Å². The van der Waals surface area contributed by atoms with Gasteiger partial charge < -0.3 is 14.2 Å². The number of nitriles is 1. The van der Waals surface area contributed by atoms with Gasteiger partial charge in [0.2, 0.25) is 0 Å². The van der Waals surface area contributed by atoms with E-state index in [0.717, 1.165) is 0 Å². The van der Waals surface area contributed by atoms with Crippen molar-refractivity contribution in [2.45, 2.75) is 39.9 Å². The SMILES string of the molecule is CC1(C)C(OC(=O)Oc2ccccc2)C(C)(C)C1Oc1ccc(C#N)c(Cl)c1. The molecule has 0 heterocycles. The Kier molecular flexibility index (Phi) is 5.27. The number of carbonyl (C=O) groups excluding carboxylic acids is 1. The third-order valence-corrected chi connectivity index (χ3v) is 5.49. The molecule has 6 heteroatoms. The minimum absolute atomic E-state index is 0.224. The summed E-state index contributed by atoms with van der Waals surface area (Å²) >= 11 is 6.10. The average molecular weight is 400 g/mol. The lowest BCUT2D eigenvalue weighted by atomic mass is 9.51. The van der Waals surface area contributed by atoms with Gasteiger partial charge in [0.1, 0.15) is 29.8 Å². The van der Waals surface area contributed by atoms with Gasteiger partial charge in [-0.25, -0.2) is 4.79 Å². The van der Waals surface area contributed by atoms with E-state index in [1.54, 1.807) is 42.5 Å². The van der Waals surface area contributed by atoms with Gasteiger partial charge in [-0.1, -0.05) is 57.5 Å². The fraction of sp³-hybridized carbons (Fsp3) is 0.364. The average Bonchev–Trinajstić information content (AvgIpc) is 2.65. The zero-order valence-electron chi connectivity index (χ0n) is 16.2. The van der Waals surface area contributed by atoms with Crippen LogP contribution in [0.3, 0.4) is 0 Å². The molecule has 0 unspecified atom stereocenters. The molecule has 2 aromatic carbocycles. The van der Waals surface area contributed by atoms with Crippen molar-refractivity contribution >= 4 is 17.8 Å². The molecule has 0 amide bonds. The number of carbonyl (C=O) groups is 1. The number of hydrogen-bond donors (Lipinski definition) is 0. The molecule has 0 aromatic heterocycles. The zero-order valence-corrected chi connectivity index (χ0v) is 17.0. The number of hydrogen-bond acceptors (Lipinski definition) is 5. The lowest BCUT2D eigenvalue weighted by Gasteiger charge is -2.61. The number of nitrogens with zero attached hydrogens (tertiary/aromatic N) is 1. The molecule has 1 fully saturated rings. The first-order valence-electron chi connectivity index (χ1n) is 8.96. The van der Waals surface area contributed by atoms with E-state index < -0.39 is 23.1 Å². The molecule has 0 atom stereocenters. The van der Waals surface area contributed by atoms with E-state index in [4.69, 9.17) is 31.1 Å². The Morgan fingerprint density at radius 1 is 1.00 bits per heavy atom. The summed E-state index contributed by atoms with van der Waals surface area (Å²) in [5.41, 5.74) is -0.495. The van der Waals surface area contributed by atoms with Gasteiger partial charge >= 0.3 is 6.16 Å². The Morgan fingerprint density at radius 2 is 1.64 bits per heavy atom. The lowest BCUT2D eigenvalue weighted by molar-refractivity contribution is -0.238. The number of para-hydroxylation sites is 1. The van der Waals surface area contributed by atoms with Gasteiger partial charge in [0.15, 0.2) is 0 Å². The van der Waals surface area contributed by atoms with E-state index in [0.29, 0.717) is 22.1 Å². The van der Waals surface area contributed by atoms with Gasteiger partial charge in [0.05, 0.1) is 10.6 Å². The highest BCUT2D eigenvalue weighted by molar-refractivity contribution is 6.31. The van der Waals surface area contributed by atoms with Crippen LogP contribution in [0.25, 0.3) is 0 Å². The molecule has 146 valence electrons. The Hall–Kier alpha value is -2.71. The smallest absolute Gasteiger partial charge is 0.489 e. The maximum Gasteiger partial charge on any atom is 0.514 e. The predicted octanol–water partition coefficient (Wildman–Crippen LogP) is 5.61. The van der Waals surface area contributed by atoms with Crippen LogP contribution in [0.2, 0.25) is 5.02 Å². The molecule has 1 saturated carbocycles. The van der Waals surface area contributed by atoms with Crippen molar-refractivity contribution in [1.29, 1.82) is 5.26 Å². The van der Waals surface area contributed by atoms with Crippen LogP contribution in [0.4, 0.5) is 4.79 Å². The predicted molar refractivity (Wildman–Crippen MR) is 105 cm³/mol. The quantitative estimate of drug-likeness (QED) is 0.493. The molecule has 1 aliphatic rings. The highest BCUT2D eigenvalue weighted by Crippen LogP contribution is 2.57. The van der Waals surface area contributed by atoms with E-state index in [2.05, 4.69) is 0 Å². The number of benzene rings is 2. The largest absolute Gasteiger partial charge is 0.514 e. The number of ether oxygens (including phenoxy) is 3. The van der Waals surface area contributed by atoms with E-state index >= 15 is 0 Å². The van der Waals surface area contributed by atoms with Crippen LogP contribution in [-0.2, 0) is 4.74 Å². The van der Waals surface area contributed by atoms with E-state index in [-0.39, 0.29) is 6.10 Å². The van der Waals surface area contributed by atoms with Gasteiger partial charge in [-0.2, -0.15) is 5.26 Å². The summed E-state index contributed by atoms with van der Waals surface area (Å²) in [7, 11) is 0. The summed E-state index contributed by atoms with van der Waals surface area (Å²) in [5, 5.41) is 9.35. The summed E-state index contributed by atoms with van der Waals surface area (Å²) < 4.78 is 17.1. The highest BCUT2D eigenvalue weighted by atomic mass is 35.5. The minimum atomic E-state index is -0.739. The third kappa shape index (κ3) is 3.65. The van der Waals surface area contributed by atoms with Crippen LogP contribution in [0.1, 0.15) is 33.3 Å². The summed E-state index contributed by atoms with van der Waals surface area (Å²) in [6.07, 6.45) is -1.36. The van der Waals surface area contributed by atoms with Crippen LogP contribution < -0.4 is 9.47 Å². The van der Waals surface area contributed by atoms with Crippen molar-refractivity contribution in [2.75, 3.05) is 0 Å². The molecule has 0 saturated heterocycles. The maximum atomic E-state index is 12.2. The van der Waals surface area contributed by atoms with Gasteiger partial charge in [0.25, 0.3) is 0 Å². The standard InChI is InChI=1S/C22H22ClNO4/c1-21(2)18(26-16-11-10-14(13-24)17(23)12-16)22(3,4)19(21)28-20(25)27-15-8-6-5-7-9-15/h5-12,18-19H,1-4H3. The van der Waals surface area contributed by atoms with Crippen LogP contribution in [0, 0.1) is 22.2 Å². The molecular weight excluding hydrogens is 378 g/mol. The summed E-state index contributed by atoms with van der Waals surface area (Å²) in [6, 6.07) is 15.8. The molecule has 0 bridgehead atoms. The van der Waals surface area contributed by atoms with Crippen molar-refractivity contribution < 1.29 is 19.0 Å². The molecule has 0 aliphatic heterocycles. The molecular formula is C22H22ClNO4. The minimum Gasteiger partial charge on any atom is -0.489 e. The van der Waals surface area contributed by atoms with Gasteiger partial charge in [-0.15, -0.1) is 0 Å². The maximum absolute atomic E-state index is 12.2. The molecule has 5 nitrogen and oxygen atoms in total. The number of rotatable bonds is 4. The fourth-order valence-corrected chi connectivity index (χ4v) is 4.42. The van der Waals surface area contributed by atoms with Crippen LogP contribution in [-0.4, -0.2) is 18.4 Å². The van der Waals surface area contributed by atoms with Crippen LogP contribution >= 0.6 is 11.6 Å². The van der Waals surface area contributed by atoms with Crippen LogP contribution in [0.5, 0.6) is 11.5 Å². The van der Waals surface area contributed by atoms with Gasteiger partial charge in [-0.3, -0.25) is 0 Å². The Morgan fingerprint density at radius 3 is 2.21 bits per heavy atom. The first kappa shape index (κ1) is 20.0. The molecule has 0 spiro atoms. The van der Waals surface area contributed by atoms with Gasteiger partial charge in [-0.05, 0) is 24.3 Å². The summed E-state index contributed by atoms with van der Waals surface area (Å²) in [6.45, 7) is 7.92. The van der Waals surface area contributed by atoms with Crippen LogP contribution in [0.15, 0.2) is 48.5 Å². The lowest BCUT2D eigenvalue weighted by Crippen LogP contribution is -2.70. The Balaban J connectivity index is 1.70. The Bertz CT molecular complexity index is 902. The third-order valence-electron chi connectivity index (χ3n) is 5.18. The Labute approximate surface area is 169 Å². The van der Waals surface area contributed by atoms with E-state index in [1.807, 2.05) is 39.8 Å². The summed E-state index contributed by atoms with van der Waals surface area (Å²) in [4.78, 5) is 12.2. The normalized spacial score (nSPS) is 21.7. The molecule has 2 aromatic rings. The second-order valence-corrected chi connectivity index (χ2v) is 8.46. The first-order valence-corrected chi connectivity index (χ1v) is 9.34. The van der Waals surface area contributed by atoms with Gasteiger partial charge in [0, 0.05) is 16.9 Å². The van der Waals surface area contributed by atoms with E-state index in [1.165, 1.54) is 0 Å². The number of halogens is 1. The zero-order chi connectivity index (χ0) is 20.5. The molecule has 0 N–H and O–H groups in total. The van der Waals surface area contributed by atoms with E-state index in [9.17, 15) is 4.79 Å². The second-order valence-electron chi connectivity index (χ2n) is 8.06. The first-order chi connectivity index (χ1) is 13.2. The fourth-order valence-electron chi connectivity index (χ4n) is 4.20. The molecule has 1 aliphatic carbocycles. The van der Waals surface area contributed by atoms with Crippen molar-refractivity contribution in [3.63, 3.8) is 0 Å². The van der Waals surface area contributed by atoms with Crippen molar-refractivity contribution in [3.05, 3.63) is 59.1 Å². The van der Waals surface area contributed by atoms with Crippen molar-refractivity contribution in [1.82, 2.24) is 0 Å². The molecule has 0 radical (unpaired) electrons. The van der Waals surface area contributed by atoms with Crippen molar-refractivity contribution in [3.8, 4) is 17.6 Å². The summed E-state index contributed by atoms with van der Waals surface area (Å²) in [5.74, 6) is 1.00.